The molecule has 0 unspecified atom stereocenters. The van der Waals surface area contributed by atoms with E-state index in [9.17, 15) is 0 Å². The van der Waals surface area contributed by atoms with Gasteiger partial charge in [0.1, 0.15) is 12.1 Å². The van der Waals surface area contributed by atoms with Gasteiger partial charge in [-0.2, -0.15) is 0 Å². The fraction of sp³-hybridized carbons (Fsp3) is 0.619. The van der Waals surface area contributed by atoms with Gasteiger partial charge in [0.2, 0.25) is 0 Å². The molecule has 1 aromatic heterocycles. The molecule has 2 aromatic rings. The van der Waals surface area contributed by atoms with Gasteiger partial charge >= 0.3 is 0 Å². The van der Waals surface area contributed by atoms with Gasteiger partial charge in [0.05, 0.1) is 33.0 Å². The van der Waals surface area contributed by atoms with Crippen molar-refractivity contribution in [2.45, 2.75) is 33.1 Å². The summed E-state index contributed by atoms with van der Waals surface area (Å²) in [6, 6.07) is 3.87. The van der Waals surface area contributed by atoms with Gasteiger partial charge in [-0.1, -0.05) is 0 Å². The summed E-state index contributed by atoms with van der Waals surface area (Å²) in [5.41, 5.74) is 0.855. The van der Waals surface area contributed by atoms with E-state index in [1.807, 2.05) is 26.0 Å². The summed E-state index contributed by atoms with van der Waals surface area (Å²) in [4.78, 5) is 11.3. The molecule has 7 nitrogen and oxygen atoms in total. The van der Waals surface area contributed by atoms with Crippen LogP contribution in [0.15, 0.2) is 18.5 Å². The van der Waals surface area contributed by atoms with Gasteiger partial charge in [-0.15, -0.1) is 0 Å². The van der Waals surface area contributed by atoms with Crippen molar-refractivity contribution in [3.8, 4) is 11.5 Å². The summed E-state index contributed by atoms with van der Waals surface area (Å²) in [5, 5.41) is 0.983. The minimum atomic E-state index is -2.14. The van der Waals surface area contributed by atoms with E-state index in [2.05, 4.69) is 14.9 Å². The second-order valence-corrected chi connectivity index (χ2v) is 11.2. The molecule has 0 spiro atoms. The molecule has 0 bridgehead atoms. The third-order valence-corrected chi connectivity index (χ3v) is 8.79. The lowest BCUT2D eigenvalue weighted by molar-refractivity contribution is 0.263. The first-order valence-electron chi connectivity index (χ1n) is 10.5. The number of methoxy groups -OCH3 is 2. The van der Waals surface area contributed by atoms with Crippen LogP contribution in [0.1, 0.15) is 33.1 Å². The highest BCUT2D eigenvalue weighted by molar-refractivity contribution is 8.09. The van der Waals surface area contributed by atoms with E-state index >= 15 is 0 Å². The second kappa shape index (κ2) is 10.7. The Kier molecular flexibility index (Phi) is 8.28. The summed E-state index contributed by atoms with van der Waals surface area (Å²) < 4.78 is 22.5. The number of ether oxygens (including phenoxy) is 2. The van der Waals surface area contributed by atoms with Gasteiger partial charge in [-0.25, -0.2) is 9.97 Å². The molecule has 1 aliphatic rings. The topological polar surface area (TPSA) is 65.9 Å². The van der Waals surface area contributed by atoms with Crippen molar-refractivity contribution in [1.29, 1.82) is 0 Å². The third kappa shape index (κ3) is 5.41. The number of rotatable bonds is 10. The van der Waals surface area contributed by atoms with E-state index in [0.717, 1.165) is 55.2 Å². The van der Waals surface area contributed by atoms with Crippen LogP contribution in [0.2, 0.25) is 0 Å². The number of aromatic nitrogens is 2. The molecule has 9 heteroatoms. The summed E-state index contributed by atoms with van der Waals surface area (Å²) in [7, 11) is 3.28. The quantitative estimate of drug-likeness (QED) is 0.482. The Labute approximate surface area is 184 Å². The molecule has 3 rings (SSSR count). The van der Waals surface area contributed by atoms with Crippen molar-refractivity contribution in [1.82, 2.24) is 9.97 Å². The predicted octanol–water partition coefficient (Wildman–Crippen LogP) is 4.64. The average Bonchev–Trinajstić information content (AvgIpc) is 2.77. The molecule has 0 atom stereocenters. The third-order valence-electron chi connectivity index (χ3n) is 5.50. The first-order chi connectivity index (χ1) is 14.5. The lowest BCUT2D eigenvalue weighted by Crippen LogP contribution is -2.34. The molecule has 30 heavy (non-hydrogen) atoms. The van der Waals surface area contributed by atoms with E-state index in [-0.39, 0.29) is 0 Å². The summed E-state index contributed by atoms with van der Waals surface area (Å²) in [6.45, 7) is 4.97. The van der Waals surface area contributed by atoms with Crippen LogP contribution in [0.5, 0.6) is 11.5 Å². The number of piperidine rings is 1. The fourth-order valence-corrected chi connectivity index (χ4v) is 6.70. The fourth-order valence-electron chi connectivity index (χ4n) is 3.96. The molecule has 0 radical (unpaired) electrons. The highest BCUT2D eigenvalue weighted by atomic mass is 32.5. The van der Waals surface area contributed by atoms with E-state index in [1.165, 1.54) is 0 Å². The van der Waals surface area contributed by atoms with Gasteiger partial charge in [0, 0.05) is 30.7 Å². The van der Waals surface area contributed by atoms with Gasteiger partial charge in [-0.3, -0.25) is 0 Å². The normalized spacial score (nSPS) is 15.5. The molecule has 0 saturated carbocycles. The molecule has 0 amide bonds. The number of fused-ring (bicyclic) bond motifs is 1. The summed E-state index contributed by atoms with van der Waals surface area (Å²) in [6.07, 6.45) is 5.73. The van der Waals surface area contributed by atoms with Crippen LogP contribution < -0.4 is 14.4 Å². The zero-order valence-corrected chi connectivity index (χ0v) is 20.0. The number of anilines is 1. The van der Waals surface area contributed by atoms with Crippen LogP contribution in [-0.4, -0.2) is 56.7 Å². The molecular weight excluding hydrogens is 421 g/mol. The molecule has 0 aliphatic carbocycles. The van der Waals surface area contributed by atoms with E-state index < -0.39 is 6.49 Å². The van der Waals surface area contributed by atoms with Gasteiger partial charge in [0.25, 0.3) is 0 Å². The Hall–Kier alpha value is -1.47. The van der Waals surface area contributed by atoms with Crippen molar-refractivity contribution in [3.05, 3.63) is 18.5 Å². The number of nitrogens with zero attached hydrogens (tertiary/aromatic N) is 3. The van der Waals surface area contributed by atoms with Crippen molar-refractivity contribution in [3.63, 3.8) is 0 Å². The first kappa shape index (κ1) is 23.2. The Balaban J connectivity index is 1.68. The summed E-state index contributed by atoms with van der Waals surface area (Å²) in [5.74, 6) is 2.95. The van der Waals surface area contributed by atoms with Crippen LogP contribution in [0.3, 0.4) is 0 Å². The van der Waals surface area contributed by atoms with Crippen molar-refractivity contribution >= 4 is 35.0 Å². The van der Waals surface area contributed by atoms with Crippen LogP contribution in [0.4, 0.5) is 5.82 Å². The first-order valence-corrected chi connectivity index (χ1v) is 13.4. The van der Waals surface area contributed by atoms with Crippen LogP contribution in [0.25, 0.3) is 10.9 Å². The minimum Gasteiger partial charge on any atom is -0.493 e. The van der Waals surface area contributed by atoms with Gasteiger partial charge < -0.3 is 23.4 Å². The lowest BCUT2D eigenvalue weighted by atomic mass is 9.94. The van der Waals surface area contributed by atoms with E-state index in [4.69, 9.17) is 30.3 Å². The monoisotopic (exact) mass is 453 g/mol. The highest BCUT2D eigenvalue weighted by Crippen LogP contribution is 2.50. The average molecular weight is 454 g/mol. The maximum absolute atomic E-state index is 5.79. The number of hydrogen-bond donors (Lipinski definition) is 0. The predicted molar refractivity (Wildman–Crippen MR) is 125 cm³/mol. The Morgan fingerprint density at radius 1 is 1.03 bits per heavy atom. The Morgan fingerprint density at radius 2 is 1.67 bits per heavy atom. The van der Waals surface area contributed by atoms with Crippen molar-refractivity contribution < 1.29 is 18.5 Å². The van der Waals surface area contributed by atoms with E-state index in [0.29, 0.717) is 30.6 Å². The largest absolute Gasteiger partial charge is 0.493 e. The van der Waals surface area contributed by atoms with Crippen LogP contribution in [0, 0.1) is 5.92 Å². The van der Waals surface area contributed by atoms with Crippen LogP contribution in [-0.2, 0) is 20.9 Å². The molecule has 0 N–H and O–H groups in total. The zero-order valence-electron chi connectivity index (χ0n) is 18.3. The highest BCUT2D eigenvalue weighted by Gasteiger charge is 2.25. The SMILES string of the molecule is CCOP(=S)(CCC1CCN(c2ncnc3cc(OC)c(OC)cc23)CC1)OCC. The smallest absolute Gasteiger partial charge is 0.188 e. The number of benzene rings is 1. The number of hydrogen-bond acceptors (Lipinski definition) is 8. The van der Waals surface area contributed by atoms with Crippen LogP contribution >= 0.6 is 6.49 Å². The maximum Gasteiger partial charge on any atom is 0.188 e. The molecule has 2 heterocycles. The summed E-state index contributed by atoms with van der Waals surface area (Å²) >= 11 is 5.68. The zero-order chi connectivity index (χ0) is 21.6. The second-order valence-electron chi connectivity index (χ2n) is 7.31. The minimum absolute atomic E-state index is 0.616. The molecule has 1 aliphatic heterocycles. The van der Waals surface area contributed by atoms with Gasteiger partial charge in [0.15, 0.2) is 18.0 Å². The Morgan fingerprint density at radius 3 is 2.27 bits per heavy atom. The van der Waals surface area contributed by atoms with Crippen molar-refractivity contribution in [2.24, 2.45) is 5.92 Å². The molecule has 1 fully saturated rings. The molecule has 1 aromatic carbocycles. The van der Waals surface area contributed by atoms with E-state index in [1.54, 1.807) is 20.5 Å². The molecular formula is C21H32N3O4PS. The molecule has 166 valence electrons. The molecule has 1 saturated heterocycles. The Bertz CT molecular complexity index is 880. The maximum atomic E-state index is 5.79. The lowest BCUT2D eigenvalue weighted by Gasteiger charge is -2.34. The van der Waals surface area contributed by atoms with Gasteiger partial charge in [-0.05, 0) is 56.9 Å². The van der Waals surface area contributed by atoms with Crippen molar-refractivity contribution in [2.75, 3.05) is 51.6 Å². The standard InChI is InChI=1S/C21H32N3O4PS/c1-5-27-29(30,28-6-2)12-9-16-7-10-24(11-8-16)21-17-13-19(25-3)20(26-4)14-18(17)22-15-23-21/h13-16H,5-12H2,1-4H3.